The second kappa shape index (κ2) is 8.54. The minimum absolute atomic E-state index is 0.113. The summed E-state index contributed by atoms with van der Waals surface area (Å²) in [5, 5.41) is 5.97. The van der Waals surface area contributed by atoms with Gasteiger partial charge in [0.2, 0.25) is 0 Å². The zero-order chi connectivity index (χ0) is 20.1. The highest BCUT2D eigenvalue weighted by Crippen LogP contribution is 2.25. The fraction of sp³-hybridized carbons (Fsp3) is 0.0952. The Bertz CT molecular complexity index is 1040. The molecule has 142 valence electrons. The first-order valence-corrected chi connectivity index (χ1v) is 8.84. The number of carbonyl (C=O) groups is 2. The van der Waals surface area contributed by atoms with Crippen LogP contribution in [0.25, 0.3) is 0 Å². The number of ether oxygens (including phenoxy) is 1. The number of rotatable bonds is 5. The second-order valence-electron chi connectivity index (χ2n) is 6.03. The Morgan fingerprint density at radius 1 is 0.929 bits per heavy atom. The van der Waals surface area contributed by atoms with E-state index in [-0.39, 0.29) is 11.4 Å². The standard InChI is InChI=1S/C21H18ClN3O3/c1-13-9-10-19(28-2)18(11-13)25-21(27)17-8-4-7-16(24-17)20(26)23-15-6-3-5-14(22)12-15/h3-12H,1-2H3,(H,23,26)(H,25,27). The van der Waals surface area contributed by atoms with Crippen LogP contribution in [0.4, 0.5) is 11.4 Å². The molecule has 2 N–H and O–H groups in total. The van der Waals surface area contributed by atoms with Gasteiger partial charge in [0.15, 0.2) is 0 Å². The van der Waals surface area contributed by atoms with Crippen molar-refractivity contribution in [2.24, 2.45) is 0 Å². The van der Waals surface area contributed by atoms with Gasteiger partial charge < -0.3 is 15.4 Å². The third-order valence-electron chi connectivity index (χ3n) is 3.90. The number of methoxy groups -OCH3 is 1. The number of anilines is 2. The van der Waals surface area contributed by atoms with Crippen molar-refractivity contribution in [3.05, 3.63) is 82.6 Å². The molecule has 3 aromatic rings. The lowest BCUT2D eigenvalue weighted by Gasteiger charge is -2.11. The molecule has 2 aromatic carbocycles. The molecule has 0 atom stereocenters. The maximum absolute atomic E-state index is 12.6. The van der Waals surface area contributed by atoms with Crippen molar-refractivity contribution in [1.29, 1.82) is 0 Å². The lowest BCUT2D eigenvalue weighted by Crippen LogP contribution is -2.18. The highest BCUT2D eigenvalue weighted by molar-refractivity contribution is 6.31. The molecule has 1 aromatic heterocycles. The van der Waals surface area contributed by atoms with E-state index in [1.165, 1.54) is 19.2 Å². The summed E-state index contributed by atoms with van der Waals surface area (Å²) in [6, 6.07) is 16.9. The van der Waals surface area contributed by atoms with Crippen molar-refractivity contribution < 1.29 is 14.3 Å². The minimum Gasteiger partial charge on any atom is -0.495 e. The molecule has 0 saturated carbocycles. The van der Waals surface area contributed by atoms with Crippen molar-refractivity contribution in [3.8, 4) is 5.75 Å². The van der Waals surface area contributed by atoms with Gasteiger partial charge in [0.25, 0.3) is 11.8 Å². The Balaban J connectivity index is 1.78. The molecule has 1 heterocycles. The summed E-state index contributed by atoms with van der Waals surface area (Å²) < 4.78 is 5.27. The fourth-order valence-electron chi connectivity index (χ4n) is 2.55. The molecule has 7 heteroatoms. The summed E-state index contributed by atoms with van der Waals surface area (Å²) in [5.74, 6) is -0.347. The normalized spacial score (nSPS) is 10.2. The largest absolute Gasteiger partial charge is 0.495 e. The Kier molecular flexibility index (Phi) is 5.91. The van der Waals surface area contributed by atoms with Crippen LogP contribution in [0.5, 0.6) is 5.75 Å². The Morgan fingerprint density at radius 2 is 1.61 bits per heavy atom. The van der Waals surface area contributed by atoms with Crippen LogP contribution in [0.15, 0.2) is 60.7 Å². The predicted molar refractivity (Wildman–Crippen MR) is 109 cm³/mol. The first-order chi connectivity index (χ1) is 13.5. The van der Waals surface area contributed by atoms with Gasteiger partial charge >= 0.3 is 0 Å². The van der Waals surface area contributed by atoms with Crippen LogP contribution in [0, 0.1) is 6.92 Å². The molecule has 0 spiro atoms. The average Bonchev–Trinajstić information content (AvgIpc) is 2.68. The molecule has 3 rings (SSSR count). The maximum atomic E-state index is 12.6. The zero-order valence-corrected chi connectivity index (χ0v) is 16.1. The summed E-state index contributed by atoms with van der Waals surface area (Å²) in [6.45, 7) is 1.91. The lowest BCUT2D eigenvalue weighted by atomic mass is 10.2. The van der Waals surface area contributed by atoms with Gasteiger partial charge in [-0.2, -0.15) is 0 Å². The van der Waals surface area contributed by atoms with Gasteiger partial charge in [0, 0.05) is 10.7 Å². The first-order valence-electron chi connectivity index (χ1n) is 8.46. The first kappa shape index (κ1) is 19.4. The third kappa shape index (κ3) is 4.66. The number of benzene rings is 2. The van der Waals surface area contributed by atoms with Crippen molar-refractivity contribution >= 4 is 34.8 Å². The summed E-state index contributed by atoms with van der Waals surface area (Å²) in [4.78, 5) is 29.2. The Hall–Kier alpha value is -3.38. The number of pyridine rings is 1. The van der Waals surface area contributed by atoms with Crippen LogP contribution in [-0.4, -0.2) is 23.9 Å². The van der Waals surface area contributed by atoms with E-state index in [2.05, 4.69) is 15.6 Å². The van der Waals surface area contributed by atoms with Crippen LogP contribution < -0.4 is 15.4 Å². The smallest absolute Gasteiger partial charge is 0.274 e. The van der Waals surface area contributed by atoms with Gasteiger partial charge in [0.1, 0.15) is 17.1 Å². The number of nitrogens with one attached hydrogen (secondary N) is 2. The number of amides is 2. The van der Waals surface area contributed by atoms with E-state index in [1.54, 1.807) is 42.5 Å². The number of aryl methyl sites for hydroxylation is 1. The molecule has 28 heavy (non-hydrogen) atoms. The zero-order valence-electron chi connectivity index (χ0n) is 15.3. The molecule has 0 radical (unpaired) electrons. The molecule has 0 fully saturated rings. The van der Waals surface area contributed by atoms with Gasteiger partial charge in [-0.3, -0.25) is 9.59 Å². The van der Waals surface area contributed by atoms with Crippen molar-refractivity contribution in [3.63, 3.8) is 0 Å². The number of hydrogen-bond donors (Lipinski definition) is 2. The molecule has 0 saturated heterocycles. The molecular formula is C21H18ClN3O3. The monoisotopic (exact) mass is 395 g/mol. The maximum Gasteiger partial charge on any atom is 0.274 e. The van der Waals surface area contributed by atoms with Crippen molar-refractivity contribution in [1.82, 2.24) is 4.98 Å². The number of halogens is 1. The minimum atomic E-state index is -0.443. The van der Waals surface area contributed by atoms with Gasteiger partial charge in [0.05, 0.1) is 12.8 Å². The van der Waals surface area contributed by atoms with Crippen molar-refractivity contribution in [2.75, 3.05) is 17.7 Å². The van der Waals surface area contributed by atoms with E-state index in [1.807, 2.05) is 13.0 Å². The summed E-state index contributed by atoms with van der Waals surface area (Å²) in [5.41, 5.74) is 2.27. The van der Waals surface area contributed by atoms with Crippen LogP contribution in [-0.2, 0) is 0 Å². The van der Waals surface area contributed by atoms with E-state index in [9.17, 15) is 9.59 Å². The molecule has 0 unspecified atom stereocenters. The van der Waals surface area contributed by atoms with E-state index in [4.69, 9.17) is 16.3 Å². The molecule has 2 amide bonds. The van der Waals surface area contributed by atoms with Gasteiger partial charge in [-0.15, -0.1) is 0 Å². The highest BCUT2D eigenvalue weighted by Gasteiger charge is 2.14. The van der Waals surface area contributed by atoms with Gasteiger partial charge in [-0.1, -0.05) is 29.8 Å². The van der Waals surface area contributed by atoms with Crippen LogP contribution >= 0.6 is 11.6 Å². The quantitative estimate of drug-likeness (QED) is 0.663. The van der Waals surface area contributed by atoms with Crippen molar-refractivity contribution in [2.45, 2.75) is 6.92 Å². The molecule has 0 aliphatic rings. The fourth-order valence-corrected chi connectivity index (χ4v) is 2.75. The highest BCUT2D eigenvalue weighted by atomic mass is 35.5. The lowest BCUT2D eigenvalue weighted by molar-refractivity contribution is 0.101. The summed E-state index contributed by atoms with van der Waals surface area (Å²) in [7, 11) is 1.53. The van der Waals surface area contributed by atoms with Crippen LogP contribution in [0.2, 0.25) is 5.02 Å². The molecule has 0 bridgehead atoms. The van der Waals surface area contributed by atoms with E-state index >= 15 is 0 Å². The number of aromatic nitrogens is 1. The Labute approximate surface area is 167 Å². The second-order valence-corrected chi connectivity index (χ2v) is 6.47. The van der Waals surface area contributed by atoms with Crippen LogP contribution in [0.1, 0.15) is 26.5 Å². The van der Waals surface area contributed by atoms with Gasteiger partial charge in [-0.25, -0.2) is 4.98 Å². The van der Waals surface area contributed by atoms with E-state index in [0.717, 1.165) is 5.56 Å². The number of carbonyl (C=O) groups excluding carboxylic acids is 2. The number of nitrogens with zero attached hydrogens (tertiary/aromatic N) is 1. The summed E-state index contributed by atoms with van der Waals surface area (Å²) in [6.07, 6.45) is 0. The predicted octanol–water partition coefficient (Wildman–Crippen LogP) is 4.56. The molecule has 6 nitrogen and oxygen atoms in total. The molecule has 0 aliphatic carbocycles. The Morgan fingerprint density at radius 3 is 2.29 bits per heavy atom. The topological polar surface area (TPSA) is 80.3 Å². The van der Waals surface area contributed by atoms with Gasteiger partial charge in [-0.05, 0) is 55.0 Å². The van der Waals surface area contributed by atoms with Crippen LogP contribution in [0.3, 0.4) is 0 Å². The molecule has 0 aliphatic heterocycles. The van der Waals surface area contributed by atoms with E-state index < -0.39 is 11.8 Å². The number of hydrogen-bond acceptors (Lipinski definition) is 4. The van der Waals surface area contributed by atoms with E-state index in [0.29, 0.717) is 22.1 Å². The summed E-state index contributed by atoms with van der Waals surface area (Å²) >= 11 is 5.92. The third-order valence-corrected chi connectivity index (χ3v) is 4.14. The molecular weight excluding hydrogens is 378 g/mol. The average molecular weight is 396 g/mol. The SMILES string of the molecule is COc1ccc(C)cc1NC(=O)c1cccc(C(=O)Nc2cccc(Cl)c2)n1.